The van der Waals surface area contributed by atoms with Crippen molar-refractivity contribution >= 4 is 41.0 Å². The van der Waals surface area contributed by atoms with Crippen LogP contribution in [-0.4, -0.2) is 21.0 Å². The number of carbonyl (C=O) groups is 1. The molecule has 170 valence electrons. The molecule has 0 radical (unpaired) electrons. The number of aryl methyl sites for hydroxylation is 1. The van der Waals surface area contributed by atoms with Crippen molar-refractivity contribution in [2.24, 2.45) is 0 Å². The lowest BCUT2D eigenvalue weighted by molar-refractivity contribution is 0.0697. The first kappa shape index (κ1) is 23.1. The number of nitrogens with zero attached hydrogens (tertiary/aromatic N) is 2. The molecular weight excluding hydrogens is 442 g/mol. The van der Waals surface area contributed by atoms with Crippen LogP contribution in [0.2, 0.25) is 0 Å². The van der Waals surface area contributed by atoms with E-state index in [4.69, 9.17) is 15.1 Å². The van der Waals surface area contributed by atoms with Crippen LogP contribution in [0.15, 0.2) is 79.4 Å². The number of aromatic nitrogens is 2. The lowest BCUT2D eigenvalue weighted by Crippen LogP contribution is -2.07. The van der Waals surface area contributed by atoms with E-state index in [1.165, 1.54) is 0 Å². The molecule has 0 bridgehead atoms. The Hall–Kier alpha value is -4.03. The summed E-state index contributed by atoms with van der Waals surface area (Å²) in [6, 6.07) is 20.9. The van der Waals surface area contributed by atoms with Crippen molar-refractivity contribution in [2.75, 3.05) is 5.32 Å². The van der Waals surface area contributed by atoms with E-state index in [1.54, 1.807) is 35.6 Å². The van der Waals surface area contributed by atoms with Crippen molar-refractivity contribution in [3.63, 3.8) is 0 Å². The minimum Gasteiger partial charge on any atom is -0.478 e. The summed E-state index contributed by atoms with van der Waals surface area (Å²) < 4.78 is 0. The van der Waals surface area contributed by atoms with Crippen molar-refractivity contribution in [2.45, 2.75) is 19.8 Å². The van der Waals surface area contributed by atoms with Crippen LogP contribution in [-0.2, 0) is 12.8 Å². The fourth-order valence-electron chi connectivity index (χ4n) is 3.53. The Bertz CT molecular complexity index is 1330. The van der Waals surface area contributed by atoms with Crippen LogP contribution >= 0.6 is 11.3 Å². The molecule has 0 spiro atoms. The summed E-state index contributed by atoms with van der Waals surface area (Å²) >= 11 is 1.64. The maximum absolute atomic E-state index is 11.2. The maximum Gasteiger partial charge on any atom is 0.335 e. The number of rotatable bonds is 9. The molecule has 0 amide bonds. The zero-order valence-corrected chi connectivity index (χ0v) is 19.7. The molecule has 4 rings (SSSR count). The summed E-state index contributed by atoms with van der Waals surface area (Å²) in [4.78, 5) is 23.0. The van der Waals surface area contributed by atoms with E-state index in [1.807, 2.05) is 30.3 Å². The van der Waals surface area contributed by atoms with Gasteiger partial charge < -0.3 is 10.4 Å². The highest BCUT2D eigenvalue weighted by Gasteiger charge is 2.15. The molecule has 2 aromatic carbocycles. The number of hydrogen-bond donors (Lipinski definition) is 2. The first-order chi connectivity index (χ1) is 16.6. The van der Waals surface area contributed by atoms with E-state index >= 15 is 0 Å². The van der Waals surface area contributed by atoms with Gasteiger partial charge in [-0.2, -0.15) is 0 Å². The molecule has 0 saturated carbocycles. The normalized spacial score (nSPS) is 11.0. The first-order valence-electron chi connectivity index (χ1n) is 11.0. The molecule has 34 heavy (non-hydrogen) atoms. The minimum atomic E-state index is -0.952. The molecule has 6 heteroatoms. The van der Waals surface area contributed by atoms with Crippen LogP contribution in [0, 0.1) is 0 Å². The largest absolute Gasteiger partial charge is 0.478 e. The highest BCUT2D eigenvalue weighted by atomic mass is 32.1. The quantitative estimate of drug-likeness (QED) is 0.257. The molecule has 2 N–H and O–H groups in total. The molecule has 0 aliphatic carbocycles. The van der Waals surface area contributed by atoms with Gasteiger partial charge in [0.1, 0.15) is 5.82 Å². The number of allylic oxidation sites excluding steroid dienone is 1. The summed E-state index contributed by atoms with van der Waals surface area (Å²) in [6.07, 6.45) is 7.42. The monoisotopic (exact) mass is 467 g/mol. The molecule has 2 aromatic heterocycles. The number of carboxylic acids is 1. The SMILES string of the molecule is C=CCc1c(CC)nc(-c2ccc(C=Cc3ccccc3)s2)nc1Nc1ccc(C(=O)O)cc1. The number of thiophene rings is 1. The van der Waals surface area contributed by atoms with Crippen molar-refractivity contribution in [3.05, 3.63) is 107 Å². The third-order valence-electron chi connectivity index (χ3n) is 5.26. The highest BCUT2D eigenvalue weighted by molar-refractivity contribution is 7.16. The number of anilines is 2. The summed E-state index contributed by atoms with van der Waals surface area (Å²) in [5, 5.41) is 12.5. The molecule has 0 fully saturated rings. The molecular formula is C28H25N3O2S. The van der Waals surface area contributed by atoms with Gasteiger partial charge in [-0.25, -0.2) is 14.8 Å². The van der Waals surface area contributed by atoms with Gasteiger partial charge in [0.15, 0.2) is 5.82 Å². The standard InChI is InChI=1S/C28H25N3O2S/c1-3-8-23-24(4-2)30-27(31-26(23)29-21-14-12-20(13-15-21)28(32)33)25-18-17-22(34-25)16-11-19-9-6-5-7-10-19/h3,5-7,9-18H,1,4,8H2,2H3,(H,32,33)(H,29,30,31). The lowest BCUT2D eigenvalue weighted by atomic mass is 10.1. The number of nitrogens with one attached hydrogen (secondary N) is 1. The average Bonchev–Trinajstić information content (AvgIpc) is 3.34. The Morgan fingerprint density at radius 1 is 1.03 bits per heavy atom. The topological polar surface area (TPSA) is 75.1 Å². The fraction of sp³-hybridized carbons (Fsp3) is 0.107. The van der Waals surface area contributed by atoms with Gasteiger partial charge >= 0.3 is 5.97 Å². The summed E-state index contributed by atoms with van der Waals surface area (Å²) in [5.74, 6) is 0.421. The summed E-state index contributed by atoms with van der Waals surface area (Å²) in [5.41, 5.74) is 4.11. The Morgan fingerprint density at radius 2 is 1.79 bits per heavy atom. The van der Waals surface area contributed by atoms with E-state index in [-0.39, 0.29) is 5.56 Å². The number of aromatic carboxylic acids is 1. The van der Waals surface area contributed by atoms with Gasteiger partial charge in [0.05, 0.1) is 10.4 Å². The van der Waals surface area contributed by atoms with Gasteiger partial charge in [0.2, 0.25) is 0 Å². The van der Waals surface area contributed by atoms with E-state index in [2.05, 4.69) is 49.2 Å². The third kappa shape index (κ3) is 5.47. The van der Waals surface area contributed by atoms with E-state index in [0.29, 0.717) is 18.1 Å². The second-order valence-electron chi connectivity index (χ2n) is 7.62. The molecule has 2 heterocycles. The van der Waals surface area contributed by atoms with Gasteiger partial charge in [0, 0.05) is 21.8 Å². The van der Waals surface area contributed by atoms with Crippen LogP contribution < -0.4 is 5.32 Å². The van der Waals surface area contributed by atoms with Gasteiger partial charge in [-0.1, -0.05) is 49.4 Å². The molecule has 0 unspecified atom stereocenters. The molecule has 4 aromatic rings. The molecule has 5 nitrogen and oxygen atoms in total. The van der Waals surface area contributed by atoms with Crippen LogP contribution in [0.4, 0.5) is 11.5 Å². The van der Waals surface area contributed by atoms with Crippen molar-refractivity contribution in [1.29, 1.82) is 0 Å². The Morgan fingerprint density at radius 3 is 2.47 bits per heavy atom. The third-order valence-corrected chi connectivity index (χ3v) is 6.30. The summed E-state index contributed by atoms with van der Waals surface area (Å²) in [7, 11) is 0. The van der Waals surface area contributed by atoms with Crippen LogP contribution in [0.25, 0.3) is 22.9 Å². The molecule has 0 aliphatic heterocycles. The molecule has 0 atom stereocenters. The average molecular weight is 468 g/mol. The minimum absolute atomic E-state index is 0.240. The summed E-state index contributed by atoms with van der Waals surface area (Å²) in [6.45, 7) is 5.96. The lowest BCUT2D eigenvalue weighted by Gasteiger charge is -2.15. The van der Waals surface area contributed by atoms with Gasteiger partial charge in [-0.05, 0) is 60.9 Å². The maximum atomic E-state index is 11.2. The van der Waals surface area contributed by atoms with Crippen LogP contribution in [0.1, 0.15) is 39.0 Å². The Kier molecular flexibility index (Phi) is 7.30. The zero-order chi connectivity index (χ0) is 23.9. The van der Waals surface area contributed by atoms with E-state index in [0.717, 1.165) is 38.7 Å². The second kappa shape index (κ2) is 10.7. The molecule has 0 saturated heterocycles. The fourth-order valence-corrected chi connectivity index (χ4v) is 4.38. The van der Waals surface area contributed by atoms with Crippen molar-refractivity contribution in [3.8, 4) is 10.7 Å². The first-order valence-corrected chi connectivity index (χ1v) is 11.8. The smallest absolute Gasteiger partial charge is 0.335 e. The van der Waals surface area contributed by atoms with Crippen LogP contribution in [0.5, 0.6) is 0 Å². The van der Waals surface area contributed by atoms with E-state index < -0.39 is 5.97 Å². The number of benzene rings is 2. The second-order valence-corrected chi connectivity index (χ2v) is 8.74. The van der Waals surface area contributed by atoms with Crippen molar-refractivity contribution < 1.29 is 9.90 Å². The zero-order valence-electron chi connectivity index (χ0n) is 18.9. The predicted octanol–water partition coefficient (Wildman–Crippen LogP) is 7.11. The van der Waals surface area contributed by atoms with Gasteiger partial charge in [-0.3, -0.25) is 0 Å². The Balaban J connectivity index is 1.67. The van der Waals surface area contributed by atoms with E-state index in [9.17, 15) is 4.79 Å². The van der Waals surface area contributed by atoms with Crippen LogP contribution in [0.3, 0.4) is 0 Å². The number of carboxylic acid groups (broad SMARTS) is 1. The highest BCUT2D eigenvalue weighted by Crippen LogP contribution is 2.31. The molecule has 0 aliphatic rings. The number of hydrogen-bond acceptors (Lipinski definition) is 5. The van der Waals surface area contributed by atoms with Gasteiger partial charge in [0.25, 0.3) is 0 Å². The predicted molar refractivity (Wildman–Crippen MR) is 141 cm³/mol. The van der Waals surface area contributed by atoms with Crippen molar-refractivity contribution in [1.82, 2.24) is 9.97 Å². The Labute approximate surface area is 203 Å². The van der Waals surface area contributed by atoms with Gasteiger partial charge in [-0.15, -0.1) is 17.9 Å².